The molecule has 3 heteroatoms. The molecule has 0 aliphatic heterocycles. The van der Waals surface area contributed by atoms with Crippen LogP contribution in [0.4, 0.5) is 0 Å². The fourth-order valence-corrected chi connectivity index (χ4v) is 1.44. The number of hydrogen-bond acceptors (Lipinski definition) is 3. The molecule has 0 aromatic carbocycles. The van der Waals surface area contributed by atoms with E-state index in [1.165, 1.54) is 5.56 Å². The first-order chi connectivity index (χ1) is 6.77. The zero-order valence-electron chi connectivity index (χ0n) is 9.03. The summed E-state index contributed by atoms with van der Waals surface area (Å²) in [6.07, 6.45) is 4.84. The third-order valence-corrected chi connectivity index (χ3v) is 2.49. The molecule has 1 aromatic heterocycles. The van der Waals surface area contributed by atoms with E-state index in [2.05, 4.69) is 23.3 Å². The highest BCUT2D eigenvalue weighted by molar-refractivity contribution is 5.10. The van der Waals surface area contributed by atoms with E-state index in [0.717, 1.165) is 6.42 Å². The molecule has 0 radical (unpaired) electrons. The van der Waals surface area contributed by atoms with Crippen molar-refractivity contribution in [1.29, 1.82) is 0 Å². The van der Waals surface area contributed by atoms with Crippen molar-refractivity contribution in [1.82, 2.24) is 10.3 Å². The number of rotatable bonds is 5. The van der Waals surface area contributed by atoms with Crippen LogP contribution in [-0.2, 0) is 11.2 Å². The second kappa shape index (κ2) is 5.73. The Morgan fingerprint density at radius 3 is 2.86 bits per heavy atom. The molecule has 0 fully saturated rings. The molecular weight excluding hydrogens is 176 g/mol. The molecule has 0 saturated carbocycles. The normalized spacial score (nSPS) is 15.1. The first kappa shape index (κ1) is 11.1. The Labute approximate surface area is 85.5 Å². The highest BCUT2D eigenvalue weighted by atomic mass is 16.5. The second-order valence-electron chi connectivity index (χ2n) is 3.40. The van der Waals surface area contributed by atoms with Crippen molar-refractivity contribution in [2.75, 3.05) is 14.2 Å². The molecule has 78 valence electrons. The number of pyridine rings is 1. The van der Waals surface area contributed by atoms with Crippen molar-refractivity contribution < 1.29 is 4.74 Å². The Kier molecular flexibility index (Phi) is 4.56. The number of aromatic nitrogens is 1. The van der Waals surface area contributed by atoms with Gasteiger partial charge in [-0.25, -0.2) is 0 Å². The zero-order chi connectivity index (χ0) is 10.4. The summed E-state index contributed by atoms with van der Waals surface area (Å²) < 4.78 is 5.29. The van der Waals surface area contributed by atoms with Gasteiger partial charge in [0.15, 0.2) is 0 Å². The lowest BCUT2D eigenvalue weighted by Gasteiger charge is -2.22. The van der Waals surface area contributed by atoms with Gasteiger partial charge in [-0.3, -0.25) is 4.98 Å². The molecule has 0 amide bonds. The van der Waals surface area contributed by atoms with E-state index in [1.807, 2.05) is 19.3 Å². The molecule has 0 bridgehead atoms. The Morgan fingerprint density at radius 1 is 1.57 bits per heavy atom. The predicted molar refractivity (Wildman–Crippen MR) is 57.3 cm³/mol. The van der Waals surface area contributed by atoms with Crippen LogP contribution in [-0.4, -0.2) is 31.3 Å². The van der Waals surface area contributed by atoms with Crippen molar-refractivity contribution in [2.45, 2.75) is 25.5 Å². The van der Waals surface area contributed by atoms with Gasteiger partial charge >= 0.3 is 0 Å². The van der Waals surface area contributed by atoms with E-state index in [4.69, 9.17) is 4.74 Å². The molecule has 0 aliphatic carbocycles. The molecule has 1 aromatic rings. The quantitative estimate of drug-likeness (QED) is 0.766. The molecule has 1 rings (SSSR count). The number of hydrogen-bond donors (Lipinski definition) is 1. The summed E-state index contributed by atoms with van der Waals surface area (Å²) in [6, 6.07) is 4.38. The lowest BCUT2D eigenvalue weighted by molar-refractivity contribution is 0.0857. The molecule has 2 atom stereocenters. The van der Waals surface area contributed by atoms with Gasteiger partial charge in [-0.1, -0.05) is 6.07 Å². The number of nitrogens with zero attached hydrogens (tertiary/aromatic N) is 1. The lowest BCUT2D eigenvalue weighted by Crippen LogP contribution is -2.38. The first-order valence-corrected chi connectivity index (χ1v) is 4.87. The molecule has 14 heavy (non-hydrogen) atoms. The molecule has 2 unspecified atom stereocenters. The van der Waals surface area contributed by atoms with Crippen molar-refractivity contribution in [3.8, 4) is 0 Å². The Balaban J connectivity index is 2.57. The molecule has 1 N–H and O–H groups in total. The summed E-state index contributed by atoms with van der Waals surface area (Å²) in [5, 5.41) is 3.25. The SMILES string of the molecule is CNC(Cc1cccnc1)C(C)OC. The second-order valence-corrected chi connectivity index (χ2v) is 3.40. The fourth-order valence-electron chi connectivity index (χ4n) is 1.44. The van der Waals surface area contributed by atoms with Crippen LogP contribution in [0.1, 0.15) is 12.5 Å². The summed E-state index contributed by atoms with van der Waals surface area (Å²) in [4.78, 5) is 4.09. The van der Waals surface area contributed by atoms with E-state index in [1.54, 1.807) is 13.3 Å². The molecule has 1 heterocycles. The van der Waals surface area contributed by atoms with Gasteiger partial charge in [0.05, 0.1) is 6.10 Å². The summed E-state index contributed by atoms with van der Waals surface area (Å²) in [6.45, 7) is 2.07. The van der Waals surface area contributed by atoms with Crippen LogP contribution in [0.5, 0.6) is 0 Å². The maximum Gasteiger partial charge on any atom is 0.0699 e. The fraction of sp³-hybridized carbons (Fsp3) is 0.545. The van der Waals surface area contributed by atoms with Gasteiger partial charge in [0.2, 0.25) is 0 Å². The maximum absolute atomic E-state index is 5.29. The van der Waals surface area contributed by atoms with E-state index in [-0.39, 0.29) is 6.10 Å². The van der Waals surface area contributed by atoms with Crippen LogP contribution in [0.15, 0.2) is 24.5 Å². The highest BCUT2D eigenvalue weighted by Crippen LogP contribution is 2.06. The van der Waals surface area contributed by atoms with Crippen LogP contribution in [0.3, 0.4) is 0 Å². The standard InChI is InChI=1S/C11H18N2O/c1-9(14-3)11(12-2)7-10-5-4-6-13-8-10/h4-6,8-9,11-12H,7H2,1-3H3. The largest absolute Gasteiger partial charge is 0.380 e. The van der Waals surface area contributed by atoms with Gasteiger partial charge in [-0.15, -0.1) is 0 Å². The molecule has 0 saturated heterocycles. The minimum Gasteiger partial charge on any atom is -0.380 e. The van der Waals surface area contributed by atoms with Crippen LogP contribution >= 0.6 is 0 Å². The number of nitrogens with one attached hydrogen (secondary N) is 1. The smallest absolute Gasteiger partial charge is 0.0699 e. The monoisotopic (exact) mass is 194 g/mol. The zero-order valence-corrected chi connectivity index (χ0v) is 9.03. The third kappa shape index (κ3) is 3.09. The minimum absolute atomic E-state index is 0.209. The van der Waals surface area contributed by atoms with Gasteiger partial charge in [0.1, 0.15) is 0 Å². The van der Waals surface area contributed by atoms with Crippen LogP contribution in [0, 0.1) is 0 Å². The lowest BCUT2D eigenvalue weighted by atomic mass is 10.0. The highest BCUT2D eigenvalue weighted by Gasteiger charge is 2.14. The summed E-state index contributed by atoms with van der Waals surface area (Å²) in [5.74, 6) is 0. The van der Waals surface area contributed by atoms with Gasteiger partial charge in [-0.05, 0) is 32.0 Å². The van der Waals surface area contributed by atoms with E-state index >= 15 is 0 Å². The number of likely N-dealkylation sites (N-methyl/N-ethyl adjacent to an activating group) is 1. The Morgan fingerprint density at radius 2 is 2.36 bits per heavy atom. The van der Waals surface area contributed by atoms with Crippen LogP contribution < -0.4 is 5.32 Å². The first-order valence-electron chi connectivity index (χ1n) is 4.87. The number of ether oxygens (including phenoxy) is 1. The predicted octanol–water partition coefficient (Wildman–Crippen LogP) is 1.25. The van der Waals surface area contributed by atoms with Gasteiger partial charge in [0, 0.05) is 25.5 Å². The number of methoxy groups -OCH3 is 1. The summed E-state index contributed by atoms with van der Waals surface area (Å²) in [5.41, 5.74) is 1.23. The summed E-state index contributed by atoms with van der Waals surface area (Å²) in [7, 11) is 3.69. The maximum atomic E-state index is 5.29. The van der Waals surface area contributed by atoms with Gasteiger partial charge < -0.3 is 10.1 Å². The van der Waals surface area contributed by atoms with Crippen molar-refractivity contribution >= 4 is 0 Å². The van der Waals surface area contributed by atoms with Crippen molar-refractivity contribution in [3.63, 3.8) is 0 Å². The van der Waals surface area contributed by atoms with E-state index < -0.39 is 0 Å². The van der Waals surface area contributed by atoms with Gasteiger partial charge in [-0.2, -0.15) is 0 Å². The van der Waals surface area contributed by atoms with E-state index in [9.17, 15) is 0 Å². The van der Waals surface area contributed by atoms with Crippen LogP contribution in [0.2, 0.25) is 0 Å². The topological polar surface area (TPSA) is 34.2 Å². The molecule has 0 spiro atoms. The molecule has 3 nitrogen and oxygen atoms in total. The summed E-state index contributed by atoms with van der Waals surface area (Å²) >= 11 is 0. The third-order valence-electron chi connectivity index (χ3n) is 2.49. The van der Waals surface area contributed by atoms with Crippen molar-refractivity contribution in [3.05, 3.63) is 30.1 Å². The van der Waals surface area contributed by atoms with Crippen molar-refractivity contribution in [2.24, 2.45) is 0 Å². The average Bonchev–Trinajstić information content (AvgIpc) is 2.26. The molecule has 0 aliphatic rings. The Bertz CT molecular complexity index is 251. The Hall–Kier alpha value is -0.930. The van der Waals surface area contributed by atoms with Gasteiger partial charge in [0.25, 0.3) is 0 Å². The van der Waals surface area contributed by atoms with Crippen LogP contribution in [0.25, 0.3) is 0 Å². The minimum atomic E-state index is 0.209. The average molecular weight is 194 g/mol. The molecular formula is C11H18N2O. The van der Waals surface area contributed by atoms with E-state index in [0.29, 0.717) is 6.04 Å².